The number of benzene rings is 1. The third-order valence-corrected chi connectivity index (χ3v) is 1.06. The van der Waals surface area contributed by atoms with Gasteiger partial charge >= 0.3 is 0 Å². The Morgan fingerprint density at radius 1 is 1.08 bits per heavy atom. The lowest BCUT2D eigenvalue weighted by Crippen LogP contribution is -2.18. The Bertz CT molecular complexity index is 283. The lowest BCUT2D eigenvalue weighted by molar-refractivity contribution is 0.100. The van der Waals surface area contributed by atoms with Crippen molar-refractivity contribution in [3.63, 3.8) is 0 Å². The number of thiocarbonyl (C=S) groups is 1. The molecule has 0 spiro atoms. The molecular formula is C8H11N3OS. The summed E-state index contributed by atoms with van der Waals surface area (Å²) in [5.41, 5.74) is 14.8. The van der Waals surface area contributed by atoms with Crippen LogP contribution in [0.25, 0.3) is 0 Å². The predicted molar refractivity (Wildman–Crippen MR) is 55.9 cm³/mol. The molecular weight excluding hydrogens is 186 g/mol. The molecule has 1 aromatic carbocycles. The van der Waals surface area contributed by atoms with Crippen LogP contribution in [0.2, 0.25) is 0 Å². The number of amides is 1. The maximum Gasteiger partial charge on any atom is 0.248 e. The van der Waals surface area contributed by atoms with Crippen molar-refractivity contribution in [1.82, 2.24) is 0 Å². The van der Waals surface area contributed by atoms with Crippen LogP contribution in [-0.4, -0.2) is 11.0 Å². The summed E-state index contributed by atoms with van der Waals surface area (Å²) in [6, 6.07) is 8.76. The van der Waals surface area contributed by atoms with Crippen molar-refractivity contribution in [3.05, 3.63) is 35.9 Å². The molecule has 0 fully saturated rings. The molecule has 6 N–H and O–H groups in total. The number of carbonyl (C=O) groups is 1. The zero-order valence-corrected chi connectivity index (χ0v) is 7.75. The van der Waals surface area contributed by atoms with Gasteiger partial charge in [-0.15, -0.1) is 0 Å². The first-order valence-electron chi connectivity index (χ1n) is 3.43. The third kappa shape index (κ3) is 6.77. The van der Waals surface area contributed by atoms with E-state index in [-0.39, 0.29) is 11.0 Å². The molecule has 0 aromatic heterocycles. The SMILES string of the molecule is NC(=O)c1ccccc1.NC(N)=S. The van der Waals surface area contributed by atoms with Crippen LogP contribution in [-0.2, 0) is 0 Å². The van der Waals surface area contributed by atoms with E-state index in [0.29, 0.717) is 5.56 Å². The monoisotopic (exact) mass is 197 g/mol. The number of hydrogen-bond donors (Lipinski definition) is 3. The highest BCUT2D eigenvalue weighted by Gasteiger charge is 1.93. The second-order valence-corrected chi connectivity index (χ2v) is 2.60. The molecule has 13 heavy (non-hydrogen) atoms. The van der Waals surface area contributed by atoms with Crippen LogP contribution in [0, 0.1) is 0 Å². The van der Waals surface area contributed by atoms with Crippen LogP contribution >= 0.6 is 12.2 Å². The maximum absolute atomic E-state index is 10.4. The standard InChI is InChI=1S/C7H7NO.CH4N2S/c8-7(9)6-4-2-1-3-5-6;2-1(3)4/h1-5H,(H2,8,9);(H4,2,3,4). The highest BCUT2D eigenvalue weighted by Crippen LogP contribution is 1.94. The first kappa shape index (κ1) is 11.4. The molecule has 0 saturated carbocycles. The van der Waals surface area contributed by atoms with E-state index >= 15 is 0 Å². The van der Waals surface area contributed by atoms with Gasteiger partial charge in [-0.3, -0.25) is 4.79 Å². The van der Waals surface area contributed by atoms with E-state index in [2.05, 4.69) is 23.7 Å². The highest BCUT2D eigenvalue weighted by atomic mass is 32.1. The van der Waals surface area contributed by atoms with E-state index in [1.54, 1.807) is 24.3 Å². The van der Waals surface area contributed by atoms with Crippen molar-refractivity contribution in [2.45, 2.75) is 0 Å². The number of nitrogens with two attached hydrogens (primary N) is 3. The van der Waals surface area contributed by atoms with E-state index in [1.807, 2.05) is 6.07 Å². The van der Waals surface area contributed by atoms with E-state index in [1.165, 1.54) is 0 Å². The Morgan fingerprint density at radius 2 is 1.46 bits per heavy atom. The molecule has 0 unspecified atom stereocenters. The molecule has 1 aromatic rings. The van der Waals surface area contributed by atoms with Crippen LogP contribution in [0.3, 0.4) is 0 Å². The zero-order chi connectivity index (χ0) is 10.3. The molecule has 1 amide bonds. The fraction of sp³-hybridized carbons (Fsp3) is 0. The van der Waals surface area contributed by atoms with Crippen LogP contribution in [0.4, 0.5) is 0 Å². The first-order valence-corrected chi connectivity index (χ1v) is 3.84. The maximum atomic E-state index is 10.4. The molecule has 0 heterocycles. The van der Waals surface area contributed by atoms with Gasteiger partial charge in [0, 0.05) is 5.56 Å². The lowest BCUT2D eigenvalue weighted by atomic mass is 10.2. The van der Waals surface area contributed by atoms with Crippen LogP contribution in [0.1, 0.15) is 10.4 Å². The van der Waals surface area contributed by atoms with Gasteiger partial charge in [0.15, 0.2) is 5.11 Å². The molecule has 4 nitrogen and oxygen atoms in total. The van der Waals surface area contributed by atoms with E-state index < -0.39 is 0 Å². The molecule has 0 radical (unpaired) electrons. The van der Waals surface area contributed by atoms with Crippen molar-refractivity contribution in [1.29, 1.82) is 0 Å². The lowest BCUT2D eigenvalue weighted by Gasteiger charge is -1.89. The summed E-state index contributed by atoms with van der Waals surface area (Å²) in [7, 11) is 0. The van der Waals surface area contributed by atoms with Crippen molar-refractivity contribution in [2.24, 2.45) is 17.2 Å². The minimum absolute atomic E-state index is 0.000000000000000222. The van der Waals surface area contributed by atoms with Crippen LogP contribution < -0.4 is 17.2 Å². The zero-order valence-electron chi connectivity index (χ0n) is 6.94. The molecule has 0 aliphatic carbocycles. The van der Waals surface area contributed by atoms with Gasteiger partial charge in [0.2, 0.25) is 5.91 Å². The topological polar surface area (TPSA) is 95.1 Å². The van der Waals surface area contributed by atoms with Gasteiger partial charge in [-0.25, -0.2) is 0 Å². The number of carbonyl (C=O) groups excluding carboxylic acids is 1. The van der Waals surface area contributed by atoms with Crippen LogP contribution in [0.5, 0.6) is 0 Å². The molecule has 5 heteroatoms. The largest absolute Gasteiger partial charge is 0.377 e. The number of hydrogen-bond acceptors (Lipinski definition) is 2. The predicted octanol–water partition coefficient (Wildman–Crippen LogP) is -0.0258. The number of primary amides is 1. The Kier molecular flexibility index (Phi) is 5.22. The average molecular weight is 197 g/mol. The number of rotatable bonds is 1. The summed E-state index contributed by atoms with van der Waals surface area (Å²) in [4.78, 5) is 10.4. The highest BCUT2D eigenvalue weighted by molar-refractivity contribution is 7.80. The second kappa shape index (κ2) is 5.96. The van der Waals surface area contributed by atoms with Gasteiger partial charge in [-0.2, -0.15) is 0 Å². The van der Waals surface area contributed by atoms with Gasteiger partial charge in [0.05, 0.1) is 0 Å². The van der Waals surface area contributed by atoms with E-state index in [4.69, 9.17) is 5.73 Å². The Morgan fingerprint density at radius 3 is 1.69 bits per heavy atom. The molecule has 70 valence electrons. The normalized spacial score (nSPS) is 8.00. The Hall–Kier alpha value is -1.62. The Labute approximate surface area is 81.7 Å². The van der Waals surface area contributed by atoms with Gasteiger partial charge in [0.25, 0.3) is 0 Å². The van der Waals surface area contributed by atoms with Gasteiger partial charge in [-0.1, -0.05) is 18.2 Å². The van der Waals surface area contributed by atoms with E-state index in [9.17, 15) is 4.79 Å². The fourth-order valence-corrected chi connectivity index (χ4v) is 0.602. The molecule has 0 aliphatic rings. The van der Waals surface area contributed by atoms with Crippen molar-refractivity contribution >= 4 is 23.2 Å². The summed E-state index contributed by atoms with van der Waals surface area (Å²) in [6.45, 7) is 0. The van der Waals surface area contributed by atoms with Gasteiger partial charge in [-0.05, 0) is 24.4 Å². The average Bonchev–Trinajstić information content (AvgIpc) is 2.05. The summed E-state index contributed by atoms with van der Waals surface area (Å²) in [5, 5.41) is 0.000000000000000222. The molecule has 0 atom stereocenters. The smallest absolute Gasteiger partial charge is 0.248 e. The second-order valence-electron chi connectivity index (χ2n) is 2.13. The molecule has 0 bridgehead atoms. The Balaban J connectivity index is 0.000000310. The summed E-state index contributed by atoms with van der Waals surface area (Å²) >= 11 is 4.09. The van der Waals surface area contributed by atoms with E-state index in [0.717, 1.165) is 0 Å². The first-order chi connectivity index (χ1) is 6.04. The third-order valence-electron chi connectivity index (χ3n) is 1.06. The van der Waals surface area contributed by atoms with Crippen LogP contribution in [0.15, 0.2) is 30.3 Å². The minimum Gasteiger partial charge on any atom is -0.377 e. The summed E-state index contributed by atoms with van der Waals surface area (Å²) in [6.07, 6.45) is 0. The van der Waals surface area contributed by atoms with Gasteiger partial charge in [0.1, 0.15) is 0 Å². The quantitative estimate of drug-likeness (QED) is 0.551. The summed E-state index contributed by atoms with van der Waals surface area (Å²) < 4.78 is 0. The fourth-order valence-electron chi connectivity index (χ4n) is 0.602. The molecule has 0 saturated heterocycles. The van der Waals surface area contributed by atoms with Gasteiger partial charge < -0.3 is 17.2 Å². The minimum atomic E-state index is -0.379. The van der Waals surface area contributed by atoms with Crippen molar-refractivity contribution in [3.8, 4) is 0 Å². The van der Waals surface area contributed by atoms with Crippen molar-refractivity contribution in [2.75, 3.05) is 0 Å². The molecule has 1 rings (SSSR count). The summed E-state index contributed by atoms with van der Waals surface area (Å²) in [5.74, 6) is -0.379. The van der Waals surface area contributed by atoms with Crippen molar-refractivity contribution < 1.29 is 4.79 Å². The molecule has 0 aliphatic heterocycles.